The van der Waals surface area contributed by atoms with Gasteiger partial charge in [-0.25, -0.2) is 4.98 Å². The molecule has 0 saturated carbocycles. The van der Waals surface area contributed by atoms with Crippen LogP contribution in [0.4, 0.5) is 0 Å². The van der Waals surface area contributed by atoms with Crippen LogP contribution >= 0.6 is 0 Å². The maximum Gasteiger partial charge on any atom is 0.151 e. The minimum absolute atomic E-state index is 0.531. The van der Waals surface area contributed by atoms with Crippen LogP contribution in [0.15, 0.2) is 48.5 Å². The lowest BCUT2D eigenvalue weighted by Gasteiger charge is -2.02. The van der Waals surface area contributed by atoms with Crippen molar-refractivity contribution >= 4 is 22.7 Å². The molecule has 3 aromatic rings. The van der Waals surface area contributed by atoms with Gasteiger partial charge in [0.05, 0.1) is 23.7 Å². The summed E-state index contributed by atoms with van der Waals surface area (Å²) < 4.78 is 7.08. The van der Waals surface area contributed by atoms with Gasteiger partial charge in [0.25, 0.3) is 0 Å². The topological polar surface area (TPSA) is 50.8 Å². The van der Waals surface area contributed by atoms with Crippen molar-refractivity contribution in [1.82, 2.24) is 9.55 Å². The molecule has 0 fully saturated rings. The molecule has 2 aromatic carbocycles. The second-order valence-corrected chi connectivity index (χ2v) is 4.93. The van der Waals surface area contributed by atoms with Crippen molar-refractivity contribution < 1.29 is 4.74 Å². The molecular weight excluding hydrogens is 274 g/mol. The molecule has 0 spiro atoms. The van der Waals surface area contributed by atoms with Crippen LogP contribution in [-0.4, -0.2) is 16.7 Å². The van der Waals surface area contributed by atoms with E-state index in [2.05, 4.69) is 11.1 Å². The summed E-state index contributed by atoms with van der Waals surface area (Å²) in [7, 11) is 3.55. The number of methoxy groups -OCH3 is 1. The molecule has 22 heavy (non-hydrogen) atoms. The third-order valence-electron chi connectivity index (χ3n) is 3.58. The zero-order valence-electron chi connectivity index (χ0n) is 12.4. The number of fused-ring (bicyclic) bond motifs is 1. The predicted octanol–water partition coefficient (Wildman–Crippen LogP) is 3.65. The van der Waals surface area contributed by atoms with Gasteiger partial charge in [-0.15, -0.1) is 0 Å². The van der Waals surface area contributed by atoms with Crippen LogP contribution in [0, 0.1) is 11.3 Å². The summed E-state index contributed by atoms with van der Waals surface area (Å²) in [5, 5.41) is 9.49. The molecule has 0 bridgehead atoms. The Labute approximate surface area is 128 Å². The van der Waals surface area contributed by atoms with Crippen LogP contribution < -0.4 is 4.74 Å². The number of ether oxygens (including phenoxy) is 1. The van der Waals surface area contributed by atoms with E-state index >= 15 is 0 Å². The summed E-state index contributed by atoms with van der Waals surface area (Å²) in [5.41, 5.74) is 3.36. The molecule has 1 heterocycles. The number of hydrogen-bond donors (Lipinski definition) is 0. The number of hydrogen-bond acceptors (Lipinski definition) is 3. The van der Waals surface area contributed by atoms with E-state index in [-0.39, 0.29) is 0 Å². The monoisotopic (exact) mass is 289 g/mol. The average Bonchev–Trinajstić information content (AvgIpc) is 2.90. The summed E-state index contributed by atoms with van der Waals surface area (Å²) in [4.78, 5) is 4.56. The van der Waals surface area contributed by atoms with E-state index in [4.69, 9.17) is 4.74 Å². The molecule has 0 saturated heterocycles. The number of nitriles is 1. The molecule has 4 heteroatoms. The molecule has 0 N–H and O–H groups in total. The van der Waals surface area contributed by atoms with Gasteiger partial charge in [0.2, 0.25) is 0 Å². The number of imidazole rings is 1. The van der Waals surface area contributed by atoms with E-state index in [1.54, 1.807) is 7.11 Å². The molecule has 0 amide bonds. The van der Waals surface area contributed by atoms with E-state index in [1.807, 2.05) is 66.2 Å². The number of allylic oxidation sites excluding steroid dienone is 1. The minimum Gasteiger partial charge on any atom is -0.497 e. The Morgan fingerprint density at radius 2 is 1.91 bits per heavy atom. The summed E-state index contributed by atoms with van der Waals surface area (Å²) in [6.07, 6.45) is 1.83. The van der Waals surface area contributed by atoms with Crippen LogP contribution in [0.2, 0.25) is 0 Å². The van der Waals surface area contributed by atoms with Gasteiger partial charge in [0.1, 0.15) is 11.8 Å². The summed E-state index contributed by atoms with van der Waals surface area (Å²) in [6, 6.07) is 17.7. The van der Waals surface area contributed by atoms with Crippen molar-refractivity contribution in [3.63, 3.8) is 0 Å². The highest BCUT2D eigenvalue weighted by Crippen LogP contribution is 2.22. The maximum atomic E-state index is 9.49. The SMILES string of the molecule is COc1ccc(/C=C(\C#N)c2nc3ccccc3n2C)cc1. The largest absolute Gasteiger partial charge is 0.497 e. The zero-order chi connectivity index (χ0) is 15.5. The molecule has 1 aromatic heterocycles. The lowest BCUT2D eigenvalue weighted by molar-refractivity contribution is 0.415. The van der Waals surface area contributed by atoms with Gasteiger partial charge in [-0.05, 0) is 35.9 Å². The molecule has 0 aliphatic heterocycles. The Balaban J connectivity index is 2.07. The number of nitrogens with zero attached hydrogens (tertiary/aromatic N) is 3. The van der Waals surface area contributed by atoms with E-state index in [1.165, 1.54) is 0 Å². The van der Waals surface area contributed by atoms with Gasteiger partial charge in [0.15, 0.2) is 5.82 Å². The van der Waals surface area contributed by atoms with Crippen LogP contribution in [0.25, 0.3) is 22.7 Å². The summed E-state index contributed by atoms with van der Waals surface area (Å²) >= 11 is 0. The highest BCUT2D eigenvalue weighted by atomic mass is 16.5. The summed E-state index contributed by atoms with van der Waals surface area (Å²) in [6.45, 7) is 0. The summed E-state index contributed by atoms with van der Waals surface area (Å²) in [5.74, 6) is 1.46. The Hall–Kier alpha value is -3.06. The Morgan fingerprint density at radius 3 is 2.55 bits per heavy atom. The zero-order valence-corrected chi connectivity index (χ0v) is 12.4. The van der Waals surface area contributed by atoms with Gasteiger partial charge in [-0.1, -0.05) is 24.3 Å². The van der Waals surface area contributed by atoms with Crippen molar-refractivity contribution in [3.05, 3.63) is 59.9 Å². The molecule has 3 rings (SSSR count). The van der Waals surface area contributed by atoms with Crippen molar-refractivity contribution in [2.45, 2.75) is 0 Å². The number of benzene rings is 2. The van der Waals surface area contributed by atoms with Crippen LogP contribution in [0.5, 0.6) is 5.75 Å². The first-order valence-corrected chi connectivity index (χ1v) is 6.90. The Morgan fingerprint density at radius 1 is 1.18 bits per heavy atom. The molecule has 0 atom stereocenters. The number of aryl methyl sites for hydroxylation is 1. The van der Waals surface area contributed by atoms with Crippen LogP contribution in [-0.2, 0) is 7.05 Å². The van der Waals surface area contributed by atoms with Crippen molar-refractivity contribution in [2.24, 2.45) is 7.05 Å². The van der Waals surface area contributed by atoms with Gasteiger partial charge >= 0.3 is 0 Å². The fourth-order valence-electron chi connectivity index (χ4n) is 2.40. The first-order chi connectivity index (χ1) is 10.7. The fraction of sp³-hybridized carbons (Fsp3) is 0.111. The highest BCUT2D eigenvalue weighted by molar-refractivity contribution is 5.90. The fourth-order valence-corrected chi connectivity index (χ4v) is 2.40. The van der Waals surface area contributed by atoms with Crippen LogP contribution in [0.1, 0.15) is 11.4 Å². The molecule has 0 unspecified atom stereocenters. The molecule has 0 aliphatic carbocycles. The van der Waals surface area contributed by atoms with Crippen LogP contribution in [0.3, 0.4) is 0 Å². The average molecular weight is 289 g/mol. The third-order valence-corrected chi connectivity index (χ3v) is 3.58. The molecule has 4 nitrogen and oxygen atoms in total. The van der Waals surface area contributed by atoms with Crippen molar-refractivity contribution in [2.75, 3.05) is 7.11 Å². The first-order valence-electron chi connectivity index (χ1n) is 6.90. The van der Waals surface area contributed by atoms with Crippen molar-refractivity contribution in [3.8, 4) is 11.8 Å². The lowest BCUT2D eigenvalue weighted by atomic mass is 10.1. The standard InChI is InChI=1S/C18H15N3O/c1-21-17-6-4-3-5-16(17)20-18(21)14(12-19)11-13-7-9-15(22-2)10-8-13/h3-11H,1-2H3/b14-11+. The quantitative estimate of drug-likeness (QED) is 0.692. The van der Waals surface area contributed by atoms with Gasteiger partial charge in [-0.2, -0.15) is 5.26 Å². The van der Waals surface area contributed by atoms with Gasteiger partial charge in [0, 0.05) is 7.05 Å². The van der Waals surface area contributed by atoms with E-state index < -0.39 is 0 Å². The Bertz CT molecular complexity index is 883. The molecule has 108 valence electrons. The highest BCUT2D eigenvalue weighted by Gasteiger charge is 2.11. The van der Waals surface area contributed by atoms with E-state index in [0.29, 0.717) is 11.4 Å². The number of aromatic nitrogens is 2. The second-order valence-electron chi connectivity index (χ2n) is 4.93. The smallest absolute Gasteiger partial charge is 0.151 e. The lowest BCUT2D eigenvalue weighted by Crippen LogP contribution is -1.96. The van der Waals surface area contributed by atoms with Crippen molar-refractivity contribution in [1.29, 1.82) is 5.26 Å². The normalized spacial score (nSPS) is 11.4. The van der Waals surface area contributed by atoms with E-state index in [9.17, 15) is 5.26 Å². The maximum absolute atomic E-state index is 9.49. The van der Waals surface area contributed by atoms with Gasteiger partial charge in [-0.3, -0.25) is 0 Å². The minimum atomic E-state index is 0.531. The third kappa shape index (κ3) is 2.45. The Kier molecular flexibility index (Phi) is 3.63. The predicted molar refractivity (Wildman–Crippen MR) is 87.2 cm³/mol. The number of para-hydroxylation sites is 2. The first kappa shape index (κ1) is 13.9. The van der Waals surface area contributed by atoms with Gasteiger partial charge < -0.3 is 9.30 Å². The van der Waals surface area contributed by atoms with E-state index in [0.717, 1.165) is 22.3 Å². The molecule has 0 radical (unpaired) electrons. The molecular formula is C18H15N3O. The number of rotatable bonds is 3. The second kappa shape index (κ2) is 5.74. The molecule has 0 aliphatic rings.